The predicted molar refractivity (Wildman–Crippen MR) is 82.0 cm³/mol. The van der Waals surface area contributed by atoms with Gasteiger partial charge in [0.2, 0.25) is 0 Å². The van der Waals surface area contributed by atoms with Crippen LogP contribution < -0.4 is 5.32 Å². The molecule has 2 rings (SSSR count). The molecule has 0 spiro atoms. The average Bonchev–Trinajstić information content (AvgIpc) is 2.86. The Morgan fingerprint density at radius 1 is 1.45 bits per heavy atom. The number of aromatic nitrogens is 2. The first-order valence-corrected chi connectivity index (χ1v) is 7.97. The standard InChI is InChI=1S/C16H29N3O/c1-5-13(3)19-11-8-14(18-19)12-15(17-6-2)16(20-4)9-7-10-16/h8,11,13,15,17H,5-7,9-10,12H2,1-4H3. The second-order valence-electron chi connectivity index (χ2n) is 5.98. The second-order valence-corrected chi connectivity index (χ2v) is 5.98. The lowest BCUT2D eigenvalue weighted by atomic mass is 9.73. The molecular formula is C16H29N3O. The average molecular weight is 279 g/mol. The van der Waals surface area contributed by atoms with Crippen LogP contribution in [0.25, 0.3) is 0 Å². The molecule has 0 saturated heterocycles. The maximum Gasteiger partial charge on any atom is 0.0834 e. The highest BCUT2D eigenvalue weighted by Crippen LogP contribution is 2.39. The molecule has 0 aromatic carbocycles. The molecule has 2 atom stereocenters. The molecule has 1 aromatic heterocycles. The fourth-order valence-electron chi connectivity index (χ4n) is 3.04. The molecule has 1 heterocycles. The minimum Gasteiger partial charge on any atom is -0.377 e. The van der Waals surface area contributed by atoms with Crippen LogP contribution >= 0.6 is 0 Å². The number of nitrogens with one attached hydrogen (secondary N) is 1. The molecule has 1 aliphatic rings. The maximum absolute atomic E-state index is 5.84. The number of methoxy groups -OCH3 is 1. The number of hydrogen-bond acceptors (Lipinski definition) is 3. The van der Waals surface area contributed by atoms with Crippen molar-refractivity contribution in [2.24, 2.45) is 0 Å². The van der Waals surface area contributed by atoms with Crippen LogP contribution in [0, 0.1) is 0 Å². The van der Waals surface area contributed by atoms with Gasteiger partial charge < -0.3 is 10.1 Å². The van der Waals surface area contributed by atoms with E-state index < -0.39 is 0 Å². The summed E-state index contributed by atoms with van der Waals surface area (Å²) < 4.78 is 7.92. The summed E-state index contributed by atoms with van der Waals surface area (Å²) >= 11 is 0. The van der Waals surface area contributed by atoms with E-state index in [2.05, 4.69) is 43.0 Å². The lowest BCUT2D eigenvalue weighted by molar-refractivity contribution is -0.0980. The zero-order valence-electron chi connectivity index (χ0n) is 13.4. The zero-order chi connectivity index (χ0) is 14.6. The summed E-state index contributed by atoms with van der Waals surface area (Å²) in [5.74, 6) is 0. The minimum atomic E-state index is 0.0240. The van der Waals surface area contributed by atoms with Crippen molar-refractivity contribution in [1.82, 2.24) is 15.1 Å². The summed E-state index contributed by atoms with van der Waals surface area (Å²) in [4.78, 5) is 0. The van der Waals surface area contributed by atoms with Crippen LogP contribution in [0.3, 0.4) is 0 Å². The smallest absolute Gasteiger partial charge is 0.0834 e. The Balaban J connectivity index is 2.06. The predicted octanol–water partition coefficient (Wildman–Crippen LogP) is 2.94. The molecular weight excluding hydrogens is 250 g/mol. The maximum atomic E-state index is 5.84. The third kappa shape index (κ3) is 3.07. The van der Waals surface area contributed by atoms with Crippen molar-refractivity contribution in [3.8, 4) is 0 Å². The monoisotopic (exact) mass is 279 g/mol. The Bertz CT molecular complexity index is 406. The summed E-state index contributed by atoms with van der Waals surface area (Å²) in [6.07, 6.45) is 7.76. The van der Waals surface area contributed by atoms with Crippen LogP contribution in [0.2, 0.25) is 0 Å². The normalized spacial score (nSPS) is 20.4. The van der Waals surface area contributed by atoms with Crippen LogP contribution in [0.4, 0.5) is 0 Å². The number of nitrogens with zero attached hydrogens (tertiary/aromatic N) is 2. The van der Waals surface area contributed by atoms with Crippen LogP contribution in [-0.4, -0.2) is 35.1 Å². The molecule has 0 bridgehead atoms. The van der Waals surface area contributed by atoms with Gasteiger partial charge in [-0.15, -0.1) is 0 Å². The number of ether oxygens (including phenoxy) is 1. The summed E-state index contributed by atoms with van der Waals surface area (Å²) in [6, 6.07) is 2.99. The van der Waals surface area contributed by atoms with E-state index in [1.165, 1.54) is 12.1 Å². The first kappa shape index (κ1) is 15.5. The van der Waals surface area contributed by atoms with E-state index >= 15 is 0 Å². The highest BCUT2D eigenvalue weighted by molar-refractivity contribution is 5.09. The summed E-state index contributed by atoms with van der Waals surface area (Å²) in [6.45, 7) is 7.54. The summed E-state index contributed by atoms with van der Waals surface area (Å²) in [5, 5.41) is 8.33. The first-order chi connectivity index (χ1) is 9.65. The van der Waals surface area contributed by atoms with Crippen LogP contribution in [-0.2, 0) is 11.2 Å². The van der Waals surface area contributed by atoms with E-state index in [1.54, 1.807) is 0 Å². The highest BCUT2D eigenvalue weighted by atomic mass is 16.5. The fourth-order valence-corrected chi connectivity index (χ4v) is 3.04. The molecule has 20 heavy (non-hydrogen) atoms. The number of likely N-dealkylation sites (N-methyl/N-ethyl adjacent to an activating group) is 1. The number of hydrogen-bond donors (Lipinski definition) is 1. The molecule has 2 unspecified atom stereocenters. The summed E-state index contributed by atoms with van der Waals surface area (Å²) in [7, 11) is 1.85. The van der Waals surface area contributed by atoms with Gasteiger partial charge in [-0.05, 0) is 45.2 Å². The van der Waals surface area contributed by atoms with Crippen LogP contribution in [0.15, 0.2) is 12.3 Å². The lowest BCUT2D eigenvalue weighted by Gasteiger charge is -2.46. The third-order valence-corrected chi connectivity index (χ3v) is 4.81. The van der Waals surface area contributed by atoms with Gasteiger partial charge in [0.15, 0.2) is 0 Å². The van der Waals surface area contributed by atoms with E-state index in [0.29, 0.717) is 12.1 Å². The Labute approximate surface area is 122 Å². The van der Waals surface area contributed by atoms with Crippen molar-refractivity contribution in [2.75, 3.05) is 13.7 Å². The Morgan fingerprint density at radius 2 is 2.20 bits per heavy atom. The Morgan fingerprint density at radius 3 is 2.70 bits per heavy atom. The Kier molecular flexibility index (Phi) is 5.22. The highest BCUT2D eigenvalue weighted by Gasteiger charge is 2.44. The third-order valence-electron chi connectivity index (χ3n) is 4.81. The van der Waals surface area contributed by atoms with Gasteiger partial charge in [-0.2, -0.15) is 5.10 Å². The van der Waals surface area contributed by atoms with Gasteiger partial charge >= 0.3 is 0 Å². The van der Waals surface area contributed by atoms with Gasteiger partial charge in [-0.25, -0.2) is 0 Å². The molecule has 0 amide bonds. The zero-order valence-corrected chi connectivity index (χ0v) is 13.4. The van der Waals surface area contributed by atoms with Gasteiger partial charge in [0.25, 0.3) is 0 Å². The van der Waals surface area contributed by atoms with E-state index in [-0.39, 0.29) is 5.60 Å². The number of rotatable bonds is 8. The molecule has 1 aliphatic carbocycles. The molecule has 4 nitrogen and oxygen atoms in total. The molecule has 1 saturated carbocycles. The van der Waals surface area contributed by atoms with Crippen molar-refractivity contribution in [3.63, 3.8) is 0 Å². The molecule has 1 N–H and O–H groups in total. The van der Waals surface area contributed by atoms with Gasteiger partial charge in [-0.3, -0.25) is 4.68 Å². The topological polar surface area (TPSA) is 39.1 Å². The van der Waals surface area contributed by atoms with E-state index in [0.717, 1.165) is 32.2 Å². The molecule has 0 radical (unpaired) electrons. The molecule has 1 aromatic rings. The Hall–Kier alpha value is -0.870. The van der Waals surface area contributed by atoms with E-state index in [4.69, 9.17) is 9.84 Å². The largest absolute Gasteiger partial charge is 0.377 e. The molecule has 0 aliphatic heterocycles. The fraction of sp³-hybridized carbons (Fsp3) is 0.812. The molecule has 114 valence electrons. The van der Waals surface area contributed by atoms with Gasteiger partial charge in [0.05, 0.1) is 11.3 Å². The molecule has 4 heteroatoms. The van der Waals surface area contributed by atoms with Crippen molar-refractivity contribution >= 4 is 0 Å². The molecule has 1 fully saturated rings. The van der Waals surface area contributed by atoms with Crippen LogP contribution in [0.1, 0.15) is 58.2 Å². The van der Waals surface area contributed by atoms with Gasteiger partial charge in [-0.1, -0.05) is 13.8 Å². The van der Waals surface area contributed by atoms with Gasteiger partial charge in [0, 0.05) is 31.8 Å². The first-order valence-electron chi connectivity index (χ1n) is 7.97. The summed E-state index contributed by atoms with van der Waals surface area (Å²) in [5.41, 5.74) is 1.19. The van der Waals surface area contributed by atoms with E-state index in [1.807, 2.05) is 7.11 Å². The van der Waals surface area contributed by atoms with E-state index in [9.17, 15) is 0 Å². The SMILES string of the molecule is CCNC(Cc1ccn(C(C)CC)n1)C1(OC)CCC1. The lowest BCUT2D eigenvalue weighted by Crippen LogP contribution is -2.57. The van der Waals surface area contributed by atoms with Gasteiger partial charge in [0.1, 0.15) is 0 Å². The van der Waals surface area contributed by atoms with Crippen molar-refractivity contribution < 1.29 is 4.74 Å². The van der Waals surface area contributed by atoms with Crippen molar-refractivity contribution in [3.05, 3.63) is 18.0 Å². The van der Waals surface area contributed by atoms with Crippen molar-refractivity contribution in [1.29, 1.82) is 0 Å². The minimum absolute atomic E-state index is 0.0240. The second kappa shape index (κ2) is 6.72. The van der Waals surface area contributed by atoms with Crippen molar-refractivity contribution in [2.45, 2.75) is 70.6 Å². The quantitative estimate of drug-likeness (QED) is 0.795. The van der Waals surface area contributed by atoms with Crippen LogP contribution in [0.5, 0.6) is 0 Å².